The van der Waals surface area contributed by atoms with Gasteiger partial charge >= 0.3 is 5.69 Å². The second kappa shape index (κ2) is 9.58. The molecule has 0 atom stereocenters. The molecule has 0 unspecified atom stereocenters. The molecule has 13 nitrogen and oxygen atoms in total. The summed E-state index contributed by atoms with van der Waals surface area (Å²) in [6, 6.07) is 18.2. The Morgan fingerprint density at radius 2 is 1.49 bits per heavy atom. The van der Waals surface area contributed by atoms with E-state index >= 15 is 0 Å². The van der Waals surface area contributed by atoms with Crippen molar-refractivity contribution in [2.75, 3.05) is 5.43 Å². The van der Waals surface area contributed by atoms with Crippen LogP contribution >= 0.6 is 0 Å². The van der Waals surface area contributed by atoms with Gasteiger partial charge in [-0.1, -0.05) is 30.3 Å². The van der Waals surface area contributed by atoms with Gasteiger partial charge in [-0.2, -0.15) is 10.2 Å². The highest BCUT2D eigenvalue weighted by Crippen LogP contribution is 2.29. The van der Waals surface area contributed by atoms with Crippen LogP contribution in [0, 0.1) is 30.3 Å². The van der Waals surface area contributed by atoms with Gasteiger partial charge in [0.15, 0.2) is 0 Å². The van der Waals surface area contributed by atoms with Gasteiger partial charge in [-0.3, -0.25) is 35.8 Å². The summed E-state index contributed by atoms with van der Waals surface area (Å²) < 4.78 is 1.53. The molecule has 0 bridgehead atoms. The third-order valence-electron chi connectivity index (χ3n) is 4.89. The minimum atomic E-state index is -0.743. The van der Waals surface area contributed by atoms with E-state index in [0.717, 1.165) is 17.7 Å². The van der Waals surface area contributed by atoms with Crippen LogP contribution in [0.5, 0.6) is 0 Å². The van der Waals surface area contributed by atoms with Crippen molar-refractivity contribution in [3.8, 4) is 16.9 Å². The Bertz CT molecular complexity index is 1450. The van der Waals surface area contributed by atoms with Gasteiger partial charge < -0.3 is 0 Å². The molecular formula is C22H15N7O6. The first-order valence-electron chi connectivity index (χ1n) is 9.95. The monoisotopic (exact) mass is 473 g/mol. The fourth-order valence-electron chi connectivity index (χ4n) is 3.21. The molecule has 0 aliphatic carbocycles. The van der Waals surface area contributed by atoms with Crippen molar-refractivity contribution < 1.29 is 14.8 Å². The maximum Gasteiger partial charge on any atom is 0.301 e. The molecule has 13 heteroatoms. The maximum absolute atomic E-state index is 11.3. The third-order valence-corrected chi connectivity index (χ3v) is 4.89. The highest BCUT2D eigenvalue weighted by Gasteiger charge is 2.19. The molecule has 0 aliphatic rings. The number of hydrogen-bond donors (Lipinski definition) is 1. The summed E-state index contributed by atoms with van der Waals surface area (Å²) in [7, 11) is 0. The Hall–Kier alpha value is -5.46. The Balaban J connectivity index is 1.68. The summed E-state index contributed by atoms with van der Waals surface area (Å²) in [5, 5.41) is 41.8. The van der Waals surface area contributed by atoms with E-state index in [1.54, 1.807) is 18.3 Å². The molecule has 0 saturated carbocycles. The molecule has 0 saturated heterocycles. The number of nitro groups is 3. The van der Waals surface area contributed by atoms with Crippen LogP contribution in [0.4, 0.5) is 22.7 Å². The molecule has 0 radical (unpaired) electrons. The molecule has 174 valence electrons. The lowest BCUT2D eigenvalue weighted by atomic mass is 10.1. The van der Waals surface area contributed by atoms with E-state index in [9.17, 15) is 30.3 Å². The summed E-state index contributed by atoms with van der Waals surface area (Å²) in [5.74, 6) is 0. The number of non-ortho nitro benzene ring substituents is 2. The zero-order valence-electron chi connectivity index (χ0n) is 17.7. The van der Waals surface area contributed by atoms with Crippen LogP contribution in [-0.4, -0.2) is 30.8 Å². The number of nitrogens with one attached hydrogen (secondary N) is 1. The molecule has 1 aromatic heterocycles. The zero-order chi connectivity index (χ0) is 24.9. The molecule has 1 heterocycles. The fourth-order valence-corrected chi connectivity index (χ4v) is 3.21. The van der Waals surface area contributed by atoms with E-state index in [-0.39, 0.29) is 11.4 Å². The second-order valence-corrected chi connectivity index (χ2v) is 7.10. The number of aromatic nitrogens is 2. The molecule has 35 heavy (non-hydrogen) atoms. The number of nitrogens with zero attached hydrogens (tertiary/aromatic N) is 6. The van der Waals surface area contributed by atoms with Crippen LogP contribution in [0.25, 0.3) is 16.9 Å². The van der Waals surface area contributed by atoms with Crippen molar-refractivity contribution in [3.63, 3.8) is 0 Å². The van der Waals surface area contributed by atoms with Crippen LogP contribution in [0.1, 0.15) is 5.56 Å². The van der Waals surface area contributed by atoms with Crippen LogP contribution in [-0.2, 0) is 0 Å². The largest absolute Gasteiger partial charge is 0.301 e. The minimum Gasteiger partial charge on any atom is -0.272 e. The lowest BCUT2D eigenvalue weighted by molar-refractivity contribution is -0.393. The molecule has 0 fully saturated rings. The van der Waals surface area contributed by atoms with Gasteiger partial charge in [-0.15, -0.1) is 0 Å². The molecule has 4 rings (SSSR count). The van der Waals surface area contributed by atoms with Crippen molar-refractivity contribution in [2.45, 2.75) is 0 Å². The van der Waals surface area contributed by atoms with Gasteiger partial charge in [0.05, 0.1) is 32.7 Å². The average molecular weight is 473 g/mol. The van der Waals surface area contributed by atoms with E-state index in [2.05, 4.69) is 15.6 Å². The van der Waals surface area contributed by atoms with Crippen LogP contribution in [0.2, 0.25) is 0 Å². The normalized spacial score (nSPS) is 10.9. The highest BCUT2D eigenvalue weighted by atomic mass is 16.6. The number of nitro benzene ring substituents is 3. The predicted octanol–water partition coefficient (Wildman–Crippen LogP) is 4.71. The molecular weight excluding hydrogens is 458 g/mol. The summed E-state index contributed by atoms with van der Waals surface area (Å²) >= 11 is 0. The van der Waals surface area contributed by atoms with Gasteiger partial charge in [0.25, 0.3) is 11.4 Å². The first kappa shape index (κ1) is 22.7. The van der Waals surface area contributed by atoms with Gasteiger partial charge in [0.2, 0.25) is 0 Å². The zero-order valence-corrected chi connectivity index (χ0v) is 17.7. The minimum absolute atomic E-state index is 0.0270. The molecule has 0 amide bonds. The van der Waals surface area contributed by atoms with Crippen molar-refractivity contribution in [3.05, 3.63) is 115 Å². The molecule has 0 aliphatic heterocycles. The Morgan fingerprint density at radius 1 is 0.829 bits per heavy atom. The second-order valence-electron chi connectivity index (χ2n) is 7.10. The van der Waals surface area contributed by atoms with Crippen LogP contribution in [0.3, 0.4) is 0 Å². The third kappa shape index (κ3) is 4.98. The fraction of sp³-hybridized carbons (Fsp3) is 0. The smallest absolute Gasteiger partial charge is 0.272 e. The Labute approximate surface area is 196 Å². The number of anilines is 1. The van der Waals surface area contributed by atoms with Crippen LogP contribution in [0.15, 0.2) is 84.1 Å². The number of benzene rings is 3. The van der Waals surface area contributed by atoms with Crippen molar-refractivity contribution >= 4 is 29.0 Å². The van der Waals surface area contributed by atoms with E-state index < -0.39 is 26.1 Å². The molecule has 3 aromatic carbocycles. The average Bonchev–Trinajstić information content (AvgIpc) is 3.28. The Morgan fingerprint density at radius 3 is 2.11 bits per heavy atom. The summed E-state index contributed by atoms with van der Waals surface area (Å²) in [6.07, 6.45) is 3.06. The number of hydrogen-bond acceptors (Lipinski definition) is 9. The van der Waals surface area contributed by atoms with Crippen molar-refractivity contribution in [1.29, 1.82) is 0 Å². The van der Waals surface area contributed by atoms with Gasteiger partial charge in [0, 0.05) is 35.5 Å². The maximum atomic E-state index is 11.3. The highest BCUT2D eigenvalue weighted by molar-refractivity contribution is 5.89. The predicted molar refractivity (Wildman–Crippen MR) is 127 cm³/mol. The standard InChI is InChI=1S/C22H15N7O6/c30-27(31)18-8-6-17(7-9-18)26-14-16(22(25-26)15-4-2-1-3-5-15)13-23-24-20-11-10-19(28(32)33)12-21(20)29(34)35/h1-14,24H/b23-13+. The van der Waals surface area contributed by atoms with E-state index in [1.807, 2.05) is 30.3 Å². The summed E-state index contributed by atoms with van der Waals surface area (Å²) in [6.45, 7) is 0. The van der Waals surface area contributed by atoms with Crippen molar-refractivity contribution in [1.82, 2.24) is 9.78 Å². The van der Waals surface area contributed by atoms with E-state index in [0.29, 0.717) is 16.9 Å². The van der Waals surface area contributed by atoms with E-state index in [1.165, 1.54) is 29.1 Å². The molecule has 1 N–H and O–H groups in total. The lowest BCUT2D eigenvalue weighted by Crippen LogP contribution is -1.98. The molecule has 0 spiro atoms. The van der Waals surface area contributed by atoms with Crippen LogP contribution < -0.4 is 5.43 Å². The van der Waals surface area contributed by atoms with Gasteiger partial charge in [-0.05, 0) is 18.2 Å². The summed E-state index contributed by atoms with van der Waals surface area (Å²) in [4.78, 5) is 31.2. The van der Waals surface area contributed by atoms with E-state index in [4.69, 9.17) is 0 Å². The number of hydrazone groups is 1. The topological polar surface area (TPSA) is 172 Å². The SMILES string of the molecule is O=[N+]([O-])c1ccc(-n2cc(/C=N/Nc3ccc([N+](=O)[O-])cc3[N+](=O)[O-])c(-c3ccccc3)n2)cc1. The number of rotatable bonds is 8. The quantitative estimate of drug-likeness (QED) is 0.218. The van der Waals surface area contributed by atoms with Crippen molar-refractivity contribution in [2.24, 2.45) is 5.10 Å². The lowest BCUT2D eigenvalue weighted by Gasteiger charge is -2.02. The Kier molecular flexibility index (Phi) is 6.22. The van der Waals surface area contributed by atoms with Gasteiger partial charge in [-0.25, -0.2) is 4.68 Å². The molecule has 4 aromatic rings. The van der Waals surface area contributed by atoms with Gasteiger partial charge in [0.1, 0.15) is 11.4 Å². The summed E-state index contributed by atoms with van der Waals surface area (Å²) in [5.41, 5.74) is 4.00. The first-order chi connectivity index (χ1) is 16.8. The first-order valence-corrected chi connectivity index (χ1v) is 9.95.